The number of thiazole rings is 1. The third-order valence-electron chi connectivity index (χ3n) is 5.45. The molecule has 3 heterocycles. The summed E-state index contributed by atoms with van der Waals surface area (Å²) in [5.41, 5.74) is 1.17. The second-order valence-electron chi connectivity index (χ2n) is 7.42. The number of hydrogen-bond donors (Lipinski definition) is 2. The zero-order valence-corrected chi connectivity index (χ0v) is 16.8. The number of aromatic nitrogens is 2. The van der Waals surface area contributed by atoms with Crippen molar-refractivity contribution in [2.24, 2.45) is 0 Å². The zero-order chi connectivity index (χ0) is 20.3. The molecule has 1 saturated carbocycles. The number of imide groups is 1. The third-order valence-corrected chi connectivity index (χ3v) is 6.30. The van der Waals surface area contributed by atoms with Gasteiger partial charge < -0.3 is 10.6 Å². The van der Waals surface area contributed by atoms with E-state index in [0.717, 1.165) is 29.1 Å². The molecular formula is C20H23N5O3S. The highest BCUT2D eigenvalue weighted by molar-refractivity contribution is 7.09. The van der Waals surface area contributed by atoms with Crippen molar-refractivity contribution in [2.75, 3.05) is 6.54 Å². The van der Waals surface area contributed by atoms with E-state index >= 15 is 0 Å². The molecule has 152 valence electrons. The van der Waals surface area contributed by atoms with Crippen molar-refractivity contribution >= 4 is 29.2 Å². The lowest BCUT2D eigenvalue weighted by atomic mass is 9.98. The molecule has 2 fully saturated rings. The quantitative estimate of drug-likeness (QED) is 0.679. The van der Waals surface area contributed by atoms with E-state index in [0.29, 0.717) is 25.8 Å². The molecule has 8 nitrogen and oxygen atoms in total. The molecule has 0 aromatic carbocycles. The predicted octanol–water partition coefficient (Wildman–Crippen LogP) is 2.47. The monoisotopic (exact) mass is 413 g/mol. The molecule has 0 atom stereocenters. The van der Waals surface area contributed by atoms with Crippen LogP contribution in [0.2, 0.25) is 0 Å². The molecule has 1 spiro atoms. The topological polar surface area (TPSA) is 104 Å². The summed E-state index contributed by atoms with van der Waals surface area (Å²) in [6.45, 7) is 0.629. The fourth-order valence-electron chi connectivity index (χ4n) is 3.90. The predicted molar refractivity (Wildman–Crippen MR) is 108 cm³/mol. The lowest BCUT2D eigenvalue weighted by Gasteiger charge is -2.19. The maximum Gasteiger partial charge on any atom is 0.325 e. The van der Waals surface area contributed by atoms with Crippen LogP contribution in [-0.2, 0) is 16.1 Å². The summed E-state index contributed by atoms with van der Waals surface area (Å²) in [6.07, 6.45) is 7.48. The Kier molecular flexibility index (Phi) is 5.57. The third kappa shape index (κ3) is 4.14. The van der Waals surface area contributed by atoms with E-state index in [1.54, 1.807) is 12.4 Å². The van der Waals surface area contributed by atoms with E-state index < -0.39 is 5.54 Å². The van der Waals surface area contributed by atoms with Crippen LogP contribution in [0.25, 0.3) is 11.3 Å². The molecule has 0 unspecified atom stereocenters. The van der Waals surface area contributed by atoms with Gasteiger partial charge >= 0.3 is 6.03 Å². The Morgan fingerprint density at radius 3 is 2.76 bits per heavy atom. The fraction of sp³-hybridized carbons (Fsp3) is 0.450. The van der Waals surface area contributed by atoms with Crippen molar-refractivity contribution in [2.45, 2.75) is 50.6 Å². The Balaban J connectivity index is 1.21. The van der Waals surface area contributed by atoms with Crippen molar-refractivity contribution < 1.29 is 14.4 Å². The Labute approximate surface area is 172 Å². The van der Waals surface area contributed by atoms with Crippen molar-refractivity contribution in [3.8, 4) is 11.3 Å². The average Bonchev–Trinajstić information content (AvgIpc) is 3.44. The van der Waals surface area contributed by atoms with Gasteiger partial charge in [-0.15, -0.1) is 11.3 Å². The number of carbonyl (C=O) groups is 3. The Hall–Kier alpha value is -2.81. The first-order valence-corrected chi connectivity index (χ1v) is 10.7. The zero-order valence-electron chi connectivity index (χ0n) is 16.0. The van der Waals surface area contributed by atoms with Gasteiger partial charge in [0.05, 0.1) is 12.2 Å². The van der Waals surface area contributed by atoms with E-state index in [4.69, 9.17) is 0 Å². The molecule has 29 heavy (non-hydrogen) atoms. The minimum atomic E-state index is -0.684. The van der Waals surface area contributed by atoms with E-state index in [-0.39, 0.29) is 30.8 Å². The molecule has 4 rings (SSSR count). The second-order valence-corrected chi connectivity index (χ2v) is 8.36. The van der Waals surface area contributed by atoms with Crippen LogP contribution in [-0.4, -0.2) is 44.8 Å². The minimum absolute atomic E-state index is 0.117. The maximum absolute atomic E-state index is 12.6. The fourth-order valence-corrected chi connectivity index (χ4v) is 4.65. The molecule has 2 aliphatic rings. The molecule has 1 aliphatic heterocycles. The van der Waals surface area contributed by atoms with Crippen molar-refractivity contribution in [3.05, 3.63) is 34.9 Å². The number of rotatable bonds is 7. The first kappa shape index (κ1) is 19.5. The standard InChI is InChI=1S/C20H23N5O3S/c26-16(22-12-17-23-15(13-29-17)14-5-9-21-10-6-14)4-3-11-25-18(27)20(24-19(25)28)7-1-2-8-20/h5-6,9-10,13H,1-4,7-8,11-12H2,(H,22,26)(H,24,28). The molecule has 1 saturated heterocycles. The van der Waals surface area contributed by atoms with Crippen LogP contribution in [0.1, 0.15) is 43.5 Å². The van der Waals surface area contributed by atoms with Crippen LogP contribution < -0.4 is 10.6 Å². The van der Waals surface area contributed by atoms with Crippen molar-refractivity contribution in [1.82, 2.24) is 25.5 Å². The average molecular weight is 414 g/mol. The van der Waals surface area contributed by atoms with Gasteiger partial charge in [0.2, 0.25) is 5.91 Å². The van der Waals surface area contributed by atoms with Gasteiger partial charge in [0.25, 0.3) is 5.91 Å². The molecule has 2 N–H and O–H groups in total. The number of hydrogen-bond acceptors (Lipinski definition) is 6. The van der Waals surface area contributed by atoms with Gasteiger partial charge in [0.15, 0.2) is 0 Å². The van der Waals surface area contributed by atoms with Crippen molar-refractivity contribution in [1.29, 1.82) is 0 Å². The summed E-state index contributed by atoms with van der Waals surface area (Å²) in [5.74, 6) is -0.250. The second kappa shape index (κ2) is 8.28. The molecule has 0 bridgehead atoms. The number of amides is 4. The molecule has 1 aliphatic carbocycles. The van der Waals surface area contributed by atoms with Gasteiger partial charge in [-0.25, -0.2) is 9.78 Å². The Morgan fingerprint density at radius 1 is 1.24 bits per heavy atom. The summed E-state index contributed by atoms with van der Waals surface area (Å²) < 4.78 is 0. The number of pyridine rings is 1. The molecule has 4 amide bonds. The first-order valence-electron chi connectivity index (χ1n) is 9.83. The summed E-state index contributed by atoms with van der Waals surface area (Å²) in [4.78, 5) is 46.6. The molecule has 2 aromatic heterocycles. The van der Waals surface area contributed by atoms with Crippen LogP contribution >= 0.6 is 11.3 Å². The number of urea groups is 1. The molecule has 2 aromatic rings. The van der Waals surface area contributed by atoms with E-state index in [1.807, 2.05) is 17.5 Å². The largest absolute Gasteiger partial charge is 0.350 e. The smallest absolute Gasteiger partial charge is 0.325 e. The van der Waals surface area contributed by atoms with Gasteiger partial charge in [-0.1, -0.05) is 12.8 Å². The normalized spacial score (nSPS) is 17.7. The summed E-state index contributed by atoms with van der Waals surface area (Å²) >= 11 is 1.49. The van der Waals surface area contributed by atoms with E-state index in [1.165, 1.54) is 16.2 Å². The van der Waals surface area contributed by atoms with Crippen LogP contribution in [0.3, 0.4) is 0 Å². The van der Waals surface area contributed by atoms with E-state index in [9.17, 15) is 14.4 Å². The summed E-state index contributed by atoms with van der Waals surface area (Å²) in [6, 6.07) is 3.45. The molecule has 9 heteroatoms. The van der Waals surface area contributed by atoms with Gasteiger partial charge in [0, 0.05) is 36.3 Å². The van der Waals surface area contributed by atoms with Gasteiger partial charge in [0.1, 0.15) is 10.5 Å². The highest BCUT2D eigenvalue weighted by Gasteiger charge is 2.51. The number of nitrogens with zero attached hydrogens (tertiary/aromatic N) is 3. The van der Waals surface area contributed by atoms with Gasteiger partial charge in [-0.3, -0.25) is 19.5 Å². The lowest BCUT2D eigenvalue weighted by molar-refractivity contribution is -0.131. The minimum Gasteiger partial charge on any atom is -0.350 e. The van der Waals surface area contributed by atoms with Crippen molar-refractivity contribution in [3.63, 3.8) is 0 Å². The van der Waals surface area contributed by atoms with E-state index in [2.05, 4.69) is 20.6 Å². The summed E-state index contributed by atoms with van der Waals surface area (Å²) in [5, 5.41) is 8.48. The lowest BCUT2D eigenvalue weighted by Crippen LogP contribution is -2.44. The van der Waals surface area contributed by atoms with Gasteiger partial charge in [-0.2, -0.15) is 0 Å². The van der Waals surface area contributed by atoms with Gasteiger partial charge in [-0.05, 0) is 31.4 Å². The highest BCUT2D eigenvalue weighted by Crippen LogP contribution is 2.35. The molecular weight excluding hydrogens is 390 g/mol. The summed E-state index contributed by atoms with van der Waals surface area (Å²) in [7, 11) is 0. The number of nitrogens with one attached hydrogen (secondary N) is 2. The van der Waals surface area contributed by atoms with Crippen LogP contribution in [0, 0.1) is 0 Å². The molecule has 0 radical (unpaired) electrons. The highest BCUT2D eigenvalue weighted by atomic mass is 32.1. The SMILES string of the molecule is O=C(CCCN1C(=O)NC2(CCCC2)C1=O)NCc1nc(-c2ccncc2)cs1. The number of carbonyl (C=O) groups excluding carboxylic acids is 3. The Bertz CT molecular complexity index is 908. The Morgan fingerprint density at radius 2 is 2.00 bits per heavy atom. The van der Waals surface area contributed by atoms with Crippen LogP contribution in [0.4, 0.5) is 4.79 Å². The van der Waals surface area contributed by atoms with Crippen LogP contribution in [0.5, 0.6) is 0 Å². The first-order chi connectivity index (χ1) is 14.1. The maximum atomic E-state index is 12.6. The van der Waals surface area contributed by atoms with Crippen LogP contribution in [0.15, 0.2) is 29.9 Å².